The molecule has 0 aromatic carbocycles. The van der Waals surface area contributed by atoms with Crippen LogP contribution in [0.1, 0.15) is 12.8 Å². The maximum absolute atomic E-state index is 11.2. The van der Waals surface area contributed by atoms with Gasteiger partial charge in [-0.2, -0.15) is 0 Å². The first kappa shape index (κ1) is 11.9. The fourth-order valence-corrected chi connectivity index (χ4v) is 1.26. The Kier molecular flexibility index (Phi) is 5.06. The van der Waals surface area contributed by atoms with E-state index in [1.165, 1.54) is 0 Å². The Hall–Kier alpha value is -1.14. The minimum absolute atomic E-state index is 0.101. The maximum atomic E-state index is 11.2. The van der Waals surface area contributed by atoms with Crippen molar-refractivity contribution in [2.24, 2.45) is 4.99 Å². The molecular weight excluding hydrogens is 198 g/mol. The van der Waals surface area contributed by atoms with Crippen molar-refractivity contribution < 1.29 is 15.0 Å². The summed E-state index contributed by atoms with van der Waals surface area (Å²) in [6, 6.07) is 0.249. The third-order valence-electron chi connectivity index (χ3n) is 2.19. The lowest BCUT2D eigenvalue weighted by Gasteiger charge is -2.11. The Balaban J connectivity index is 2.03. The molecule has 2 atom stereocenters. The normalized spacial score (nSPS) is 21.1. The van der Waals surface area contributed by atoms with Gasteiger partial charge in [0.1, 0.15) is 0 Å². The standard InChI is InChI=1S/C9H17N3O3/c13-5-8(14)4-11-9(15)2-1-7-3-10-6-12-7/h6-8,13-14H,1-5H2,(H,10,12)(H,11,15). The van der Waals surface area contributed by atoms with Crippen LogP contribution < -0.4 is 10.6 Å². The number of nitrogens with zero attached hydrogens (tertiary/aromatic N) is 1. The van der Waals surface area contributed by atoms with E-state index in [-0.39, 0.29) is 25.1 Å². The number of carbonyl (C=O) groups is 1. The van der Waals surface area contributed by atoms with Gasteiger partial charge < -0.3 is 20.8 Å². The first-order valence-electron chi connectivity index (χ1n) is 5.02. The third kappa shape index (κ3) is 4.75. The number of amides is 1. The number of nitrogens with one attached hydrogen (secondary N) is 2. The Labute approximate surface area is 88.4 Å². The Bertz CT molecular complexity index is 225. The van der Waals surface area contributed by atoms with Gasteiger partial charge in [-0.15, -0.1) is 0 Å². The molecule has 86 valence electrons. The van der Waals surface area contributed by atoms with Crippen molar-refractivity contribution in [2.45, 2.75) is 25.0 Å². The summed E-state index contributed by atoms with van der Waals surface area (Å²) in [6.45, 7) is 0.481. The number of carbonyl (C=O) groups excluding carboxylic acids is 1. The molecule has 0 fully saturated rings. The summed E-state index contributed by atoms with van der Waals surface area (Å²) in [4.78, 5) is 15.2. The largest absolute Gasteiger partial charge is 0.394 e. The van der Waals surface area contributed by atoms with Gasteiger partial charge in [0.2, 0.25) is 5.91 Å². The van der Waals surface area contributed by atoms with Crippen LogP contribution in [-0.2, 0) is 4.79 Å². The maximum Gasteiger partial charge on any atom is 0.220 e. The van der Waals surface area contributed by atoms with Gasteiger partial charge in [-0.3, -0.25) is 9.79 Å². The van der Waals surface area contributed by atoms with E-state index in [1.807, 2.05) is 0 Å². The van der Waals surface area contributed by atoms with Crippen LogP contribution in [0.3, 0.4) is 0 Å². The molecule has 0 radical (unpaired) electrons. The molecule has 6 heteroatoms. The fraction of sp³-hybridized carbons (Fsp3) is 0.778. The number of hydrogen-bond donors (Lipinski definition) is 4. The van der Waals surface area contributed by atoms with Gasteiger partial charge in [-0.25, -0.2) is 0 Å². The van der Waals surface area contributed by atoms with E-state index in [4.69, 9.17) is 10.2 Å². The summed E-state index contributed by atoms with van der Waals surface area (Å²) in [7, 11) is 0. The van der Waals surface area contributed by atoms with E-state index in [0.717, 1.165) is 6.42 Å². The highest BCUT2D eigenvalue weighted by Gasteiger charge is 2.12. The average molecular weight is 215 g/mol. The quantitative estimate of drug-likeness (QED) is 0.422. The van der Waals surface area contributed by atoms with Crippen molar-refractivity contribution in [1.29, 1.82) is 0 Å². The summed E-state index contributed by atoms with van der Waals surface area (Å²) in [5, 5.41) is 23.1. The fourth-order valence-electron chi connectivity index (χ4n) is 1.26. The second-order valence-corrected chi connectivity index (χ2v) is 3.54. The molecule has 0 bridgehead atoms. The van der Waals surface area contributed by atoms with E-state index >= 15 is 0 Å². The van der Waals surface area contributed by atoms with Crippen molar-refractivity contribution in [1.82, 2.24) is 10.6 Å². The van der Waals surface area contributed by atoms with Crippen molar-refractivity contribution in [3.05, 3.63) is 0 Å². The molecular formula is C9H17N3O3. The molecule has 4 N–H and O–H groups in total. The van der Waals surface area contributed by atoms with Crippen LogP contribution in [0.15, 0.2) is 4.99 Å². The van der Waals surface area contributed by atoms with Gasteiger partial charge in [0.25, 0.3) is 0 Å². The van der Waals surface area contributed by atoms with Crippen LogP contribution in [-0.4, -0.2) is 54.3 Å². The summed E-state index contributed by atoms with van der Waals surface area (Å²) in [6.07, 6.45) is 1.90. The highest BCUT2D eigenvalue weighted by molar-refractivity contribution is 5.76. The molecule has 0 spiro atoms. The van der Waals surface area contributed by atoms with Crippen molar-refractivity contribution in [3.63, 3.8) is 0 Å². The number of aliphatic hydroxyl groups is 2. The molecule has 1 rings (SSSR count). The summed E-state index contributed by atoms with van der Waals surface area (Å²) in [5.41, 5.74) is 0. The monoisotopic (exact) mass is 215 g/mol. The molecule has 1 amide bonds. The van der Waals surface area contributed by atoms with Gasteiger partial charge in [-0.1, -0.05) is 0 Å². The SMILES string of the molecule is O=C(CCC1CN=CN1)NCC(O)CO. The molecule has 2 unspecified atom stereocenters. The van der Waals surface area contributed by atoms with Crippen LogP contribution in [0.5, 0.6) is 0 Å². The zero-order chi connectivity index (χ0) is 11.1. The lowest BCUT2D eigenvalue weighted by atomic mass is 10.1. The van der Waals surface area contributed by atoms with Gasteiger partial charge in [0.05, 0.1) is 25.6 Å². The van der Waals surface area contributed by atoms with Crippen LogP contribution in [0.2, 0.25) is 0 Å². The third-order valence-corrected chi connectivity index (χ3v) is 2.19. The zero-order valence-corrected chi connectivity index (χ0v) is 8.52. The predicted molar refractivity (Wildman–Crippen MR) is 55.6 cm³/mol. The van der Waals surface area contributed by atoms with E-state index in [0.29, 0.717) is 13.0 Å². The Morgan fingerprint density at radius 2 is 2.53 bits per heavy atom. The molecule has 1 aliphatic heterocycles. The molecule has 0 aliphatic carbocycles. The minimum Gasteiger partial charge on any atom is -0.394 e. The first-order chi connectivity index (χ1) is 7.22. The highest BCUT2D eigenvalue weighted by Crippen LogP contribution is 2.00. The zero-order valence-electron chi connectivity index (χ0n) is 8.52. The summed E-state index contributed by atoms with van der Waals surface area (Å²) >= 11 is 0. The van der Waals surface area contributed by atoms with Gasteiger partial charge in [0.15, 0.2) is 0 Å². The number of aliphatic hydroxyl groups excluding tert-OH is 2. The smallest absolute Gasteiger partial charge is 0.220 e. The van der Waals surface area contributed by atoms with E-state index in [1.54, 1.807) is 6.34 Å². The Morgan fingerprint density at radius 1 is 1.73 bits per heavy atom. The second kappa shape index (κ2) is 6.36. The molecule has 6 nitrogen and oxygen atoms in total. The predicted octanol–water partition coefficient (Wildman–Crippen LogP) is -1.76. The van der Waals surface area contributed by atoms with Gasteiger partial charge >= 0.3 is 0 Å². The average Bonchev–Trinajstić information content (AvgIpc) is 2.75. The first-order valence-corrected chi connectivity index (χ1v) is 5.02. The highest BCUT2D eigenvalue weighted by atomic mass is 16.3. The summed E-state index contributed by atoms with van der Waals surface area (Å²) in [5.74, 6) is -0.115. The van der Waals surface area contributed by atoms with Gasteiger partial charge in [0, 0.05) is 19.0 Å². The number of aliphatic imine (C=N–C) groups is 1. The van der Waals surface area contributed by atoms with E-state index in [2.05, 4.69) is 15.6 Å². The van der Waals surface area contributed by atoms with E-state index in [9.17, 15) is 4.79 Å². The van der Waals surface area contributed by atoms with Crippen molar-refractivity contribution in [2.75, 3.05) is 19.7 Å². The van der Waals surface area contributed by atoms with Crippen LogP contribution in [0.4, 0.5) is 0 Å². The molecule has 0 aromatic rings. The van der Waals surface area contributed by atoms with Gasteiger partial charge in [-0.05, 0) is 6.42 Å². The lowest BCUT2D eigenvalue weighted by molar-refractivity contribution is -0.121. The molecule has 0 aromatic heterocycles. The minimum atomic E-state index is -0.873. The molecule has 1 heterocycles. The number of rotatable bonds is 6. The van der Waals surface area contributed by atoms with Crippen molar-refractivity contribution >= 4 is 12.2 Å². The van der Waals surface area contributed by atoms with E-state index < -0.39 is 6.10 Å². The molecule has 1 aliphatic rings. The van der Waals surface area contributed by atoms with Crippen LogP contribution in [0.25, 0.3) is 0 Å². The van der Waals surface area contributed by atoms with Crippen molar-refractivity contribution in [3.8, 4) is 0 Å². The number of hydrogen-bond acceptors (Lipinski definition) is 5. The Morgan fingerprint density at radius 3 is 3.13 bits per heavy atom. The van der Waals surface area contributed by atoms with Crippen LogP contribution in [0, 0.1) is 0 Å². The van der Waals surface area contributed by atoms with Crippen LogP contribution >= 0.6 is 0 Å². The lowest BCUT2D eigenvalue weighted by Crippen LogP contribution is -2.35. The second-order valence-electron chi connectivity index (χ2n) is 3.54. The topological polar surface area (TPSA) is 94.0 Å². The summed E-state index contributed by atoms with van der Waals surface area (Å²) < 4.78 is 0. The molecule has 0 saturated carbocycles. The molecule has 0 saturated heterocycles. The molecule has 15 heavy (non-hydrogen) atoms.